The third-order valence-electron chi connectivity index (χ3n) is 4.13. The van der Waals surface area contributed by atoms with Crippen molar-refractivity contribution in [3.63, 3.8) is 0 Å². The Morgan fingerprint density at radius 3 is 2.54 bits per heavy atom. The Morgan fingerprint density at radius 1 is 1.08 bits per heavy atom. The van der Waals surface area contributed by atoms with Crippen LogP contribution < -0.4 is 11.0 Å². The van der Waals surface area contributed by atoms with E-state index in [0.29, 0.717) is 11.6 Å². The first-order valence-electron chi connectivity index (χ1n) is 7.62. The van der Waals surface area contributed by atoms with Gasteiger partial charge in [-0.2, -0.15) is 0 Å². The van der Waals surface area contributed by atoms with Crippen molar-refractivity contribution in [2.24, 2.45) is 14.1 Å². The van der Waals surface area contributed by atoms with Gasteiger partial charge in [0.15, 0.2) is 0 Å². The summed E-state index contributed by atoms with van der Waals surface area (Å²) < 4.78 is 3.18. The fraction of sp³-hybridized carbons (Fsp3) is 0.222. The lowest BCUT2D eigenvalue weighted by Crippen LogP contribution is -2.24. The van der Waals surface area contributed by atoms with Crippen molar-refractivity contribution in [3.05, 3.63) is 69.1 Å². The number of carbonyl (C=O) groups excluding carboxylic acids is 1. The Labute approximate surface area is 144 Å². The van der Waals surface area contributed by atoms with Crippen molar-refractivity contribution in [2.75, 3.05) is 0 Å². The Balaban J connectivity index is 1.73. The van der Waals surface area contributed by atoms with Gasteiger partial charge in [0.05, 0.1) is 17.5 Å². The molecule has 24 heavy (non-hydrogen) atoms. The van der Waals surface area contributed by atoms with Crippen LogP contribution in [-0.2, 0) is 31.9 Å². The minimum absolute atomic E-state index is 0.0784. The number of hydrogen-bond acceptors (Lipinski definition) is 2. The highest BCUT2D eigenvalue weighted by atomic mass is 35.5. The van der Waals surface area contributed by atoms with Gasteiger partial charge < -0.3 is 5.32 Å². The molecule has 5 nitrogen and oxygen atoms in total. The summed E-state index contributed by atoms with van der Waals surface area (Å²) in [4.78, 5) is 24.1. The lowest BCUT2D eigenvalue weighted by molar-refractivity contribution is -0.120. The monoisotopic (exact) mass is 343 g/mol. The van der Waals surface area contributed by atoms with E-state index in [4.69, 9.17) is 11.6 Å². The van der Waals surface area contributed by atoms with Crippen molar-refractivity contribution in [1.29, 1.82) is 0 Å². The van der Waals surface area contributed by atoms with Gasteiger partial charge in [-0.1, -0.05) is 35.9 Å². The molecule has 1 heterocycles. The fourth-order valence-corrected chi connectivity index (χ4v) is 2.95. The van der Waals surface area contributed by atoms with Gasteiger partial charge in [-0.15, -0.1) is 0 Å². The highest BCUT2D eigenvalue weighted by Crippen LogP contribution is 2.16. The molecule has 0 fully saturated rings. The number of benzene rings is 2. The quantitative estimate of drug-likeness (QED) is 0.790. The van der Waals surface area contributed by atoms with Gasteiger partial charge in [-0.25, -0.2) is 4.79 Å². The first-order valence-corrected chi connectivity index (χ1v) is 7.99. The van der Waals surface area contributed by atoms with Gasteiger partial charge in [0.25, 0.3) is 0 Å². The van der Waals surface area contributed by atoms with Crippen LogP contribution in [0.5, 0.6) is 0 Å². The van der Waals surface area contributed by atoms with Crippen LogP contribution >= 0.6 is 11.6 Å². The Hall–Kier alpha value is -2.53. The molecule has 0 bridgehead atoms. The molecule has 0 saturated heterocycles. The van der Waals surface area contributed by atoms with Crippen molar-refractivity contribution < 1.29 is 4.79 Å². The molecule has 0 saturated carbocycles. The zero-order chi connectivity index (χ0) is 17.3. The second kappa shape index (κ2) is 6.53. The molecule has 0 atom stereocenters. The summed E-state index contributed by atoms with van der Waals surface area (Å²) >= 11 is 6.08. The minimum Gasteiger partial charge on any atom is -0.352 e. The van der Waals surface area contributed by atoms with E-state index in [2.05, 4.69) is 5.32 Å². The molecule has 1 N–H and O–H groups in total. The third kappa shape index (κ3) is 3.08. The maximum atomic E-state index is 12.2. The van der Waals surface area contributed by atoms with Gasteiger partial charge >= 0.3 is 5.69 Å². The van der Waals surface area contributed by atoms with Gasteiger partial charge in [0.2, 0.25) is 5.91 Å². The first kappa shape index (κ1) is 16.3. The van der Waals surface area contributed by atoms with Crippen LogP contribution in [0.4, 0.5) is 0 Å². The van der Waals surface area contributed by atoms with E-state index >= 15 is 0 Å². The van der Waals surface area contributed by atoms with Crippen LogP contribution in [0.25, 0.3) is 11.0 Å². The molecular weight excluding hydrogens is 326 g/mol. The molecule has 124 valence electrons. The van der Waals surface area contributed by atoms with Gasteiger partial charge in [0.1, 0.15) is 0 Å². The highest BCUT2D eigenvalue weighted by molar-refractivity contribution is 6.31. The average molecular weight is 344 g/mol. The van der Waals surface area contributed by atoms with Crippen molar-refractivity contribution in [1.82, 2.24) is 14.5 Å². The summed E-state index contributed by atoms with van der Waals surface area (Å²) in [5.74, 6) is -0.0878. The van der Waals surface area contributed by atoms with Crippen LogP contribution in [0.3, 0.4) is 0 Å². The largest absolute Gasteiger partial charge is 0.352 e. The van der Waals surface area contributed by atoms with Crippen molar-refractivity contribution in [3.8, 4) is 0 Å². The minimum atomic E-state index is -0.0878. The molecule has 0 unspecified atom stereocenters. The fourth-order valence-electron chi connectivity index (χ4n) is 2.75. The summed E-state index contributed by atoms with van der Waals surface area (Å²) in [5.41, 5.74) is 3.33. The number of nitrogens with one attached hydrogen (secondary N) is 1. The van der Waals surface area contributed by atoms with E-state index < -0.39 is 0 Å². The Bertz CT molecular complexity index is 972. The zero-order valence-electron chi connectivity index (χ0n) is 13.5. The molecule has 0 radical (unpaired) electrons. The molecule has 6 heteroatoms. The highest BCUT2D eigenvalue weighted by Gasteiger charge is 2.10. The molecule has 0 aliphatic heterocycles. The number of carbonyl (C=O) groups is 1. The molecule has 3 rings (SSSR count). The lowest BCUT2D eigenvalue weighted by atomic mass is 10.1. The van der Waals surface area contributed by atoms with E-state index in [1.807, 2.05) is 36.4 Å². The predicted octanol–water partition coefficient (Wildman–Crippen LogP) is 2.39. The van der Waals surface area contributed by atoms with E-state index in [1.165, 1.54) is 0 Å². The second-order valence-corrected chi connectivity index (χ2v) is 6.18. The maximum absolute atomic E-state index is 12.2. The van der Waals surface area contributed by atoms with Crippen molar-refractivity contribution >= 4 is 28.5 Å². The SMILES string of the molecule is Cn1c(=O)n(C)c2cc(CC(=O)NCc3ccccc3Cl)ccc21. The topological polar surface area (TPSA) is 56.0 Å². The molecule has 1 amide bonds. The van der Waals surface area contributed by atoms with Crippen LogP contribution in [-0.4, -0.2) is 15.0 Å². The molecule has 3 aromatic rings. The normalized spacial score (nSPS) is 11.0. The second-order valence-electron chi connectivity index (χ2n) is 5.77. The van der Waals surface area contributed by atoms with Crippen LogP contribution in [0.15, 0.2) is 47.3 Å². The number of aryl methyl sites for hydroxylation is 2. The summed E-state index contributed by atoms with van der Waals surface area (Å²) in [6.07, 6.45) is 0.253. The maximum Gasteiger partial charge on any atom is 0.328 e. The van der Waals surface area contributed by atoms with Gasteiger partial charge in [-0.3, -0.25) is 13.9 Å². The summed E-state index contributed by atoms with van der Waals surface area (Å²) in [6.45, 7) is 0.393. The van der Waals surface area contributed by atoms with E-state index in [-0.39, 0.29) is 18.0 Å². The predicted molar refractivity (Wildman–Crippen MR) is 95.2 cm³/mol. The number of imidazole rings is 1. The van der Waals surface area contributed by atoms with E-state index in [0.717, 1.165) is 22.2 Å². The number of nitrogens with zero attached hydrogens (tertiary/aromatic N) is 2. The molecule has 0 aliphatic carbocycles. The molecule has 0 aliphatic rings. The van der Waals surface area contributed by atoms with Crippen LogP contribution in [0.1, 0.15) is 11.1 Å². The first-order chi connectivity index (χ1) is 11.5. The summed E-state index contributed by atoms with van der Waals surface area (Å²) in [6, 6.07) is 13.0. The van der Waals surface area contributed by atoms with E-state index in [1.54, 1.807) is 29.3 Å². The lowest BCUT2D eigenvalue weighted by Gasteiger charge is -2.07. The number of hydrogen-bond donors (Lipinski definition) is 1. The smallest absolute Gasteiger partial charge is 0.328 e. The summed E-state index contributed by atoms with van der Waals surface area (Å²) in [7, 11) is 3.46. The summed E-state index contributed by atoms with van der Waals surface area (Å²) in [5, 5.41) is 3.51. The number of amides is 1. The molecule has 1 aromatic heterocycles. The Kier molecular flexibility index (Phi) is 4.44. The number of fused-ring (bicyclic) bond motifs is 1. The van der Waals surface area contributed by atoms with Crippen LogP contribution in [0.2, 0.25) is 5.02 Å². The van der Waals surface area contributed by atoms with Crippen LogP contribution in [0, 0.1) is 0 Å². The number of halogens is 1. The van der Waals surface area contributed by atoms with E-state index in [9.17, 15) is 9.59 Å². The standard InChI is InChI=1S/C18H18ClN3O2/c1-21-15-8-7-12(9-16(15)22(2)18(21)24)10-17(23)20-11-13-5-3-4-6-14(13)19/h3-9H,10-11H2,1-2H3,(H,20,23). The Morgan fingerprint density at radius 2 is 1.79 bits per heavy atom. The molecule has 2 aromatic carbocycles. The number of rotatable bonds is 4. The molecule has 0 spiro atoms. The van der Waals surface area contributed by atoms with Gasteiger partial charge in [0, 0.05) is 25.7 Å². The zero-order valence-corrected chi connectivity index (χ0v) is 14.3. The number of aromatic nitrogens is 2. The molecular formula is C18H18ClN3O2. The van der Waals surface area contributed by atoms with Gasteiger partial charge in [-0.05, 0) is 29.3 Å². The third-order valence-corrected chi connectivity index (χ3v) is 4.50. The average Bonchev–Trinajstić information content (AvgIpc) is 2.78. The van der Waals surface area contributed by atoms with Crippen molar-refractivity contribution in [2.45, 2.75) is 13.0 Å².